The van der Waals surface area contributed by atoms with E-state index in [0.717, 1.165) is 23.3 Å². The van der Waals surface area contributed by atoms with Gasteiger partial charge in [-0.05, 0) is 56.9 Å². The molecule has 0 amide bonds. The van der Waals surface area contributed by atoms with E-state index in [1.807, 2.05) is 0 Å². The molecule has 0 spiro atoms. The largest absolute Gasteiger partial charge is 0.427 e. The number of hydrogen-bond acceptors (Lipinski definition) is 5. The lowest BCUT2D eigenvalue weighted by atomic mass is 9.69. The molecule has 0 radical (unpaired) electrons. The number of nitrogens with zero attached hydrogens (tertiary/aromatic N) is 2. The summed E-state index contributed by atoms with van der Waals surface area (Å²) in [5.74, 6) is 0. The molecule has 1 atom stereocenters. The van der Waals surface area contributed by atoms with Crippen molar-refractivity contribution in [3.8, 4) is 0 Å². The third kappa shape index (κ3) is 4.72. The Kier molecular flexibility index (Phi) is 7.72. The summed E-state index contributed by atoms with van der Waals surface area (Å²) >= 11 is 1.16. The molecule has 0 aliphatic carbocycles. The van der Waals surface area contributed by atoms with Crippen LogP contribution in [0.1, 0.15) is 37.6 Å². The molecule has 3 rings (SSSR count). The van der Waals surface area contributed by atoms with Gasteiger partial charge in [-0.3, -0.25) is 4.90 Å². The van der Waals surface area contributed by atoms with Crippen LogP contribution in [0.25, 0.3) is 0 Å². The average Bonchev–Trinajstić information content (AvgIpc) is 3.43. The molecule has 1 aromatic carbocycles. The van der Waals surface area contributed by atoms with Crippen LogP contribution in [-0.4, -0.2) is 53.5 Å². The second-order valence-electron chi connectivity index (χ2n) is 8.98. The van der Waals surface area contributed by atoms with Crippen LogP contribution in [0.5, 0.6) is 0 Å². The molecule has 0 N–H and O–H groups in total. The summed E-state index contributed by atoms with van der Waals surface area (Å²) in [5, 5.41) is 0. The summed E-state index contributed by atoms with van der Waals surface area (Å²) in [4.78, 5) is 2.38. The number of aromatic nitrogens is 1. The molecule has 1 saturated heterocycles. The fourth-order valence-corrected chi connectivity index (χ4v) is 5.49. The molecule has 1 fully saturated rings. The number of benzene rings is 1. The van der Waals surface area contributed by atoms with E-state index < -0.39 is 55.1 Å². The Morgan fingerprint density at radius 3 is 2.21 bits per heavy atom. The van der Waals surface area contributed by atoms with Gasteiger partial charge < -0.3 is 9.47 Å². The van der Waals surface area contributed by atoms with Gasteiger partial charge in [0.05, 0.1) is 24.2 Å². The standard InChI is InChI=1S/C23H28F6N2O2S/c1-4-33-21(22(24,25)26,23(27,28)29)20(16-32-14-17-8-6-5-7-9-17)11-13-31(15-20)19(2,3)18-10-12-30-34-18/h5-10,12H,4,11,13-16H2,1-3H3/t20-/m1/s1. The number of hydrogen-bond donors (Lipinski definition) is 0. The van der Waals surface area contributed by atoms with Crippen LogP contribution in [-0.2, 0) is 21.6 Å². The minimum atomic E-state index is -5.71. The van der Waals surface area contributed by atoms with Crippen LogP contribution >= 0.6 is 11.5 Å². The van der Waals surface area contributed by atoms with Crippen LogP contribution < -0.4 is 0 Å². The number of ether oxygens (including phenoxy) is 2. The molecule has 34 heavy (non-hydrogen) atoms. The van der Waals surface area contributed by atoms with Gasteiger partial charge in [-0.25, -0.2) is 4.37 Å². The van der Waals surface area contributed by atoms with Gasteiger partial charge in [0, 0.05) is 24.2 Å². The quantitative estimate of drug-likeness (QED) is 0.377. The normalized spacial score (nSPS) is 20.7. The second kappa shape index (κ2) is 9.75. The number of halogens is 6. The zero-order valence-corrected chi connectivity index (χ0v) is 20.0. The minimum Gasteiger partial charge on any atom is -0.376 e. The summed E-state index contributed by atoms with van der Waals surface area (Å²) in [6, 6.07) is 10.3. The lowest BCUT2D eigenvalue weighted by Gasteiger charge is -2.49. The van der Waals surface area contributed by atoms with Crippen molar-refractivity contribution in [2.24, 2.45) is 5.41 Å². The van der Waals surface area contributed by atoms with Gasteiger partial charge in [-0.15, -0.1) is 0 Å². The summed E-state index contributed by atoms with van der Waals surface area (Å²) in [7, 11) is 0. The fraction of sp³-hybridized carbons (Fsp3) is 0.609. The van der Waals surface area contributed by atoms with Gasteiger partial charge >= 0.3 is 12.4 Å². The Bertz CT molecular complexity index is 904. The maximum absolute atomic E-state index is 14.5. The Balaban J connectivity index is 2.04. The molecule has 2 aromatic rings. The molecule has 2 heterocycles. The molecular weight excluding hydrogens is 482 g/mol. The zero-order valence-electron chi connectivity index (χ0n) is 19.2. The van der Waals surface area contributed by atoms with Crippen LogP contribution in [0.2, 0.25) is 0 Å². The maximum atomic E-state index is 14.5. The Morgan fingerprint density at radius 1 is 1.03 bits per heavy atom. The van der Waals surface area contributed by atoms with E-state index in [9.17, 15) is 26.3 Å². The van der Waals surface area contributed by atoms with Gasteiger partial charge in [0.2, 0.25) is 0 Å². The number of rotatable bonds is 9. The third-order valence-electron chi connectivity index (χ3n) is 6.58. The van der Waals surface area contributed by atoms with Gasteiger partial charge in [0.15, 0.2) is 0 Å². The van der Waals surface area contributed by atoms with E-state index in [1.165, 1.54) is 0 Å². The highest BCUT2D eigenvalue weighted by Gasteiger charge is 2.81. The molecule has 0 unspecified atom stereocenters. The highest BCUT2D eigenvalue weighted by molar-refractivity contribution is 7.05. The van der Waals surface area contributed by atoms with Crippen molar-refractivity contribution in [3.63, 3.8) is 0 Å². The molecule has 190 valence electrons. The summed E-state index contributed by atoms with van der Waals surface area (Å²) in [5.41, 5.74) is -6.96. The van der Waals surface area contributed by atoms with Gasteiger partial charge in [0.25, 0.3) is 5.60 Å². The summed E-state index contributed by atoms with van der Waals surface area (Å²) < 4.78 is 101. The number of likely N-dealkylation sites (tertiary alicyclic amines) is 1. The van der Waals surface area contributed by atoms with Crippen LogP contribution in [0.3, 0.4) is 0 Å². The topological polar surface area (TPSA) is 34.6 Å². The molecule has 0 saturated carbocycles. The summed E-state index contributed by atoms with van der Waals surface area (Å²) in [6.07, 6.45) is -10.3. The first kappa shape index (κ1) is 26.9. The SMILES string of the molecule is CCOC(C(F)(F)F)(C(F)(F)F)[C@]1(COCc2ccccc2)CCN(C(C)(C)c2ccns2)C1. The highest BCUT2D eigenvalue weighted by atomic mass is 32.1. The van der Waals surface area contributed by atoms with Crippen LogP contribution in [0, 0.1) is 5.41 Å². The highest BCUT2D eigenvalue weighted by Crippen LogP contribution is 2.60. The molecule has 1 aliphatic rings. The van der Waals surface area contributed by atoms with E-state index in [-0.39, 0.29) is 13.2 Å². The first-order chi connectivity index (χ1) is 15.8. The van der Waals surface area contributed by atoms with Crippen molar-refractivity contribution in [1.82, 2.24) is 9.27 Å². The molecule has 0 bridgehead atoms. The monoisotopic (exact) mass is 510 g/mol. The Morgan fingerprint density at radius 2 is 1.68 bits per heavy atom. The first-order valence-corrected chi connectivity index (χ1v) is 11.6. The first-order valence-electron chi connectivity index (χ1n) is 10.9. The predicted octanol–water partition coefficient (Wildman–Crippen LogP) is 6.19. The van der Waals surface area contributed by atoms with Crippen molar-refractivity contribution >= 4 is 11.5 Å². The van der Waals surface area contributed by atoms with Crippen molar-refractivity contribution in [1.29, 1.82) is 0 Å². The Labute approximate surface area is 199 Å². The van der Waals surface area contributed by atoms with Crippen molar-refractivity contribution in [2.75, 3.05) is 26.3 Å². The zero-order chi connectivity index (χ0) is 25.3. The van der Waals surface area contributed by atoms with Crippen LogP contribution in [0.4, 0.5) is 26.3 Å². The van der Waals surface area contributed by atoms with E-state index in [0.29, 0.717) is 5.56 Å². The molecule has 4 nitrogen and oxygen atoms in total. The lowest BCUT2D eigenvalue weighted by Crippen LogP contribution is -2.70. The summed E-state index contributed by atoms with van der Waals surface area (Å²) in [6.45, 7) is 2.55. The maximum Gasteiger partial charge on any atom is 0.427 e. The van der Waals surface area contributed by atoms with Crippen molar-refractivity contribution in [2.45, 2.75) is 57.3 Å². The van der Waals surface area contributed by atoms with E-state index in [4.69, 9.17) is 9.47 Å². The fourth-order valence-electron chi connectivity index (χ4n) is 4.78. The second-order valence-corrected chi connectivity index (χ2v) is 9.81. The van der Waals surface area contributed by atoms with Crippen molar-refractivity contribution < 1.29 is 35.8 Å². The lowest BCUT2D eigenvalue weighted by molar-refractivity contribution is -0.417. The smallest absolute Gasteiger partial charge is 0.376 e. The number of alkyl halides is 6. The minimum absolute atomic E-state index is 0.0145. The van der Waals surface area contributed by atoms with Gasteiger partial charge in [-0.1, -0.05) is 30.3 Å². The molecule has 1 aromatic heterocycles. The molecule has 11 heteroatoms. The molecular formula is C23H28F6N2O2S. The molecule has 1 aliphatic heterocycles. The Hall–Kier alpha value is -1.69. The van der Waals surface area contributed by atoms with Gasteiger partial charge in [-0.2, -0.15) is 26.3 Å². The average molecular weight is 511 g/mol. The third-order valence-corrected chi connectivity index (χ3v) is 7.64. The van der Waals surface area contributed by atoms with E-state index in [1.54, 1.807) is 61.3 Å². The van der Waals surface area contributed by atoms with Gasteiger partial charge in [0.1, 0.15) is 0 Å². The van der Waals surface area contributed by atoms with E-state index in [2.05, 4.69) is 4.37 Å². The van der Waals surface area contributed by atoms with Crippen LogP contribution in [0.15, 0.2) is 42.6 Å². The predicted molar refractivity (Wildman–Crippen MR) is 116 cm³/mol. The van der Waals surface area contributed by atoms with Crippen molar-refractivity contribution in [3.05, 3.63) is 53.0 Å². The van der Waals surface area contributed by atoms with E-state index >= 15 is 0 Å².